The summed E-state index contributed by atoms with van der Waals surface area (Å²) in [5.41, 5.74) is 0. The lowest BCUT2D eigenvalue weighted by Crippen LogP contribution is -2.44. The molecule has 0 bridgehead atoms. The summed E-state index contributed by atoms with van der Waals surface area (Å²) >= 11 is 0. The second kappa shape index (κ2) is 5.83. The molecule has 1 aliphatic heterocycles. The number of hydrogen-bond donors (Lipinski definition) is 2. The fourth-order valence-corrected chi connectivity index (χ4v) is 2.29. The molecule has 2 aliphatic rings. The number of rotatable bonds is 6. The Morgan fingerprint density at radius 1 is 1.20 bits per heavy atom. The maximum atomic E-state index is 5.55. The molecule has 0 amide bonds. The topological polar surface area (TPSA) is 33.3 Å². The standard InChI is InChI=1S/C12H24N2O/c1-2-6-13-12-9-15-8-10(12)7-14-11-4-3-5-11/h10-14H,2-9H2,1H3. The molecule has 0 aromatic carbocycles. The van der Waals surface area contributed by atoms with Gasteiger partial charge in [-0.3, -0.25) is 0 Å². The first-order valence-electron chi connectivity index (χ1n) is 6.44. The Kier molecular flexibility index (Phi) is 4.42. The van der Waals surface area contributed by atoms with Crippen LogP contribution in [0.25, 0.3) is 0 Å². The maximum absolute atomic E-state index is 5.55. The molecule has 0 radical (unpaired) electrons. The molecule has 3 nitrogen and oxygen atoms in total. The van der Waals surface area contributed by atoms with E-state index in [2.05, 4.69) is 17.6 Å². The Morgan fingerprint density at radius 3 is 2.73 bits per heavy atom. The van der Waals surface area contributed by atoms with E-state index in [1.54, 1.807) is 0 Å². The molecular formula is C12H24N2O. The van der Waals surface area contributed by atoms with Crippen LogP contribution >= 0.6 is 0 Å². The van der Waals surface area contributed by atoms with E-state index in [4.69, 9.17) is 4.74 Å². The smallest absolute Gasteiger partial charge is 0.0623 e. The molecule has 0 aromatic rings. The van der Waals surface area contributed by atoms with Crippen LogP contribution in [0.3, 0.4) is 0 Å². The lowest BCUT2D eigenvalue weighted by Gasteiger charge is -2.29. The van der Waals surface area contributed by atoms with Gasteiger partial charge in [-0.25, -0.2) is 0 Å². The zero-order valence-electron chi connectivity index (χ0n) is 9.80. The summed E-state index contributed by atoms with van der Waals surface area (Å²) in [6, 6.07) is 1.38. The first kappa shape index (κ1) is 11.4. The van der Waals surface area contributed by atoms with E-state index < -0.39 is 0 Å². The van der Waals surface area contributed by atoms with E-state index in [0.717, 1.165) is 32.3 Å². The fraction of sp³-hybridized carbons (Fsp3) is 1.00. The Hall–Kier alpha value is -0.120. The Bertz CT molecular complexity index is 182. The van der Waals surface area contributed by atoms with Gasteiger partial charge in [-0.15, -0.1) is 0 Å². The highest BCUT2D eigenvalue weighted by molar-refractivity contribution is 4.85. The van der Waals surface area contributed by atoms with Crippen molar-refractivity contribution in [1.82, 2.24) is 10.6 Å². The minimum absolute atomic E-state index is 0.581. The summed E-state index contributed by atoms with van der Waals surface area (Å²) in [4.78, 5) is 0. The quantitative estimate of drug-likeness (QED) is 0.693. The highest BCUT2D eigenvalue weighted by atomic mass is 16.5. The fourth-order valence-electron chi connectivity index (χ4n) is 2.29. The molecular weight excluding hydrogens is 188 g/mol. The highest BCUT2D eigenvalue weighted by Crippen LogP contribution is 2.19. The van der Waals surface area contributed by atoms with Crippen LogP contribution in [0.1, 0.15) is 32.6 Å². The first-order chi connectivity index (χ1) is 7.40. The van der Waals surface area contributed by atoms with E-state index in [1.807, 2.05) is 0 Å². The Balaban J connectivity index is 1.64. The highest BCUT2D eigenvalue weighted by Gasteiger charge is 2.28. The van der Waals surface area contributed by atoms with Crippen molar-refractivity contribution in [1.29, 1.82) is 0 Å². The maximum Gasteiger partial charge on any atom is 0.0623 e. The normalized spacial score (nSPS) is 31.8. The molecule has 2 N–H and O–H groups in total. The largest absolute Gasteiger partial charge is 0.379 e. The molecule has 3 heteroatoms. The van der Waals surface area contributed by atoms with Crippen LogP contribution in [0.15, 0.2) is 0 Å². The molecule has 1 aliphatic carbocycles. The van der Waals surface area contributed by atoms with Crippen molar-refractivity contribution in [2.75, 3.05) is 26.3 Å². The van der Waals surface area contributed by atoms with Crippen LogP contribution in [0.5, 0.6) is 0 Å². The van der Waals surface area contributed by atoms with Crippen molar-refractivity contribution in [2.45, 2.75) is 44.7 Å². The summed E-state index contributed by atoms with van der Waals surface area (Å²) < 4.78 is 5.55. The molecule has 0 aromatic heterocycles. The predicted molar refractivity (Wildman–Crippen MR) is 62.0 cm³/mol. The van der Waals surface area contributed by atoms with Crippen molar-refractivity contribution in [3.63, 3.8) is 0 Å². The van der Waals surface area contributed by atoms with Crippen molar-refractivity contribution in [3.8, 4) is 0 Å². The van der Waals surface area contributed by atoms with E-state index >= 15 is 0 Å². The predicted octanol–water partition coefficient (Wildman–Crippen LogP) is 1.14. The van der Waals surface area contributed by atoms with Crippen LogP contribution in [0, 0.1) is 5.92 Å². The molecule has 1 saturated carbocycles. The van der Waals surface area contributed by atoms with Gasteiger partial charge in [0, 0.05) is 24.5 Å². The summed E-state index contributed by atoms with van der Waals surface area (Å²) in [5.74, 6) is 0.678. The van der Waals surface area contributed by atoms with Gasteiger partial charge in [0.25, 0.3) is 0 Å². The van der Waals surface area contributed by atoms with Crippen LogP contribution in [-0.4, -0.2) is 38.4 Å². The average molecular weight is 212 g/mol. The van der Waals surface area contributed by atoms with Gasteiger partial charge in [0.05, 0.1) is 13.2 Å². The Morgan fingerprint density at radius 2 is 2.07 bits per heavy atom. The SMILES string of the molecule is CCCNC1COCC1CNC1CCC1. The van der Waals surface area contributed by atoms with Crippen LogP contribution in [0.4, 0.5) is 0 Å². The minimum Gasteiger partial charge on any atom is -0.379 e. The van der Waals surface area contributed by atoms with Crippen molar-refractivity contribution in [2.24, 2.45) is 5.92 Å². The average Bonchev–Trinajstić information content (AvgIpc) is 2.60. The van der Waals surface area contributed by atoms with E-state index in [1.165, 1.54) is 25.7 Å². The summed E-state index contributed by atoms with van der Waals surface area (Å²) in [6.07, 6.45) is 5.37. The Labute approximate surface area is 93.0 Å². The summed E-state index contributed by atoms with van der Waals surface area (Å²) in [6.45, 7) is 6.29. The monoisotopic (exact) mass is 212 g/mol. The second-order valence-corrected chi connectivity index (χ2v) is 4.89. The van der Waals surface area contributed by atoms with Gasteiger partial charge in [-0.1, -0.05) is 13.3 Å². The van der Waals surface area contributed by atoms with E-state index in [9.17, 15) is 0 Å². The molecule has 15 heavy (non-hydrogen) atoms. The van der Waals surface area contributed by atoms with Crippen molar-refractivity contribution in [3.05, 3.63) is 0 Å². The molecule has 2 unspecified atom stereocenters. The molecule has 2 rings (SSSR count). The lowest BCUT2D eigenvalue weighted by molar-refractivity contribution is 0.180. The molecule has 1 heterocycles. The van der Waals surface area contributed by atoms with E-state index in [0.29, 0.717) is 12.0 Å². The second-order valence-electron chi connectivity index (χ2n) is 4.89. The van der Waals surface area contributed by atoms with Crippen LogP contribution < -0.4 is 10.6 Å². The zero-order chi connectivity index (χ0) is 10.5. The number of ether oxygens (including phenoxy) is 1. The van der Waals surface area contributed by atoms with Gasteiger partial charge in [-0.05, 0) is 25.8 Å². The van der Waals surface area contributed by atoms with Gasteiger partial charge < -0.3 is 15.4 Å². The number of nitrogens with one attached hydrogen (secondary N) is 2. The lowest BCUT2D eigenvalue weighted by atomic mass is 9.92. The molecule has 88 valence electrons. The van der Waals surface area contributed by atoms with E-state index in [-0.39, 0.29) is 0 Å². The van der Waals surface area contributed by atoms with Crippen LogP contribution in [0.2, 0.25) is 0 Å². The zero-order valence-corrected chi connectivity index (χ0v) is 9.80. The molecule has 2 atom stereocenters. The first-order valence-corrected chi connectivity index (χ1v) is 6.44. The van der Waals surface area contributed by atoms with Crippen molar-refractivity contribution >= 4 is 0 Å². The van der Waals surface area contributed by atoms with Gasteiger partial charge in [0.1, 0.15) is 0 Å². The number of hydrogen-bond acceptors (Lipinski definition) is 3. The molecule has 1 saturated heterocycles. The summed E-state index contributed by atoms with van der Waals surface area (Å²) in [7, 11) is 0. The third kappa shape index (κ3) is 3.16. The molecule has 0 spiro atoms. The third-order valence-electron chi connectivity index (χ3n) is 3.63. The van der Waals surface area contributed by atoms with Crippen molar-refractivity contribution < 1.29 is 4.74 Å². The summed E-state index contributed by atoms with van der Waals surface area (Å²) in [5, 5.41) is 7.22. The molecule has 2 fully saturated rings. The van der Waals surface area contributed by atoms with Gasteiger partial charge in [0.15, 0.2) is 0 Å². The minimum atomic E-state index is 0.581. The van der Waals surface area contributed by atoms with Crippen LogP contribution in [-0.2, 0) is 4.74 Å². The third-order valence-corrected chi connectivity index (χ3v) is 3.63. The van der Waals surface area contributed by atoms with Gasteiger partial charge >= 0.3 is 0 Å². The van der Waals surface area contributed by atoms with Gasteiger partial charge in [0.2, 0.25) is 0 Å². The van der Waals surface area contributed by atoms with Gasteiger partial charge in [-0.2, -0.15) is 0 Å².